The molecule has 1 aromatic heterocycles. The molecule has 1 fully saturated rings. The highest BCUT2D eigenvalue weighted by Crippen LogP contribution is 2.44. The lowest BCUT2D eigenvalue weighted by Gasteiger charge is -2.30. The zero-order valence-electron chi connectivity index (χ0n) is 17.6. The second kappa shape index (κ2) is 7.91. The topological polar surface area (TPSA) is 67.8 Å². The Morgan fingerprint density at radius 2 is 1.68 bits per heavy atom. The fraction of sp³-hybridized carbons (Fsp3) is 0.292. The molecule has 3 heterocycles. The maximum Gasteiger partial charge on any atom is 0.234 e. The molecular formula is C24H24N4O3. The van der Waals surface area contributed by atoms with E-state index >= 15 is 0 Å². The number of aromatic nitrogens is 2. The van der Waals surface area contributed by atoms with Crippen LogP contribution >= 0.6 is 0 Å². The van der Waals surface area contributed by atoms with Crippen LogP contribution in [0.5, 0.6) is 17.4 Å². The van der Waals surface area contributed by atoms with Gasteiger partial charge in [-0.05, 0) is 18.2 Å². The minimum atomic E-state index is -0.376. The normalized spacial score (nSPS) is 17.5. The highest BCUT2D eigenvalue weighted by molar-refractivity contribution is 5.90. The average Bonchev–Trinajstić information content (AvgIpc) is 3.26. The van der Waals surface area contributed by atoms with Crippen LogP contribution in [0.4, 0.5) is 5.82 Å². The van der Waals surface area contributed by atoms with Gasteiger partial charge in [-0.1, -0.05) is 36.4 Å². The van der Waals surface area contributed by atoms with E-state index in [1.807, 2.05) is 84.6 Å². The number of fused-ring (bicyclic) bond motifs is 2. The van der Waals surface area contributed by atoms with Gasteiger partial charge in [0.15, 0.2) is 5.82 Å². The Morgan fingerprint density at radius 3 is 2.29 bits per heavy atom. The van der Waals surface area contributed by atoms with Crippen molar-refractivity contribution in [3.8, 4) is 17.4 Å². The number of amides is 1. The van der Waals surface area contributed by atoms with Crippen LogP contribution in [0, 0.1) is 0 Å². The summed E-state index contributed by atoms with van der Waals surface area (Å²) in [7, 11) is 3.83. The highest BCUT2D eigenvalue weighted by Gasteiger charge is 2.38. The first-order valence-corrected chi connectivity index (χ1v) is 10.4. The van der Waals surface area contributed by atoms with Gasteiger partial charge in [-0.15, -0.1) is 10.2 Å². The molecule has 2 aliphatic rings. The number of hydrogen-bond donors (Lipinski definition) is 0. The van der Waals surface area contributed by atoms with E-state index in [1.165, 1.54) is 0 Å². The number of benzene rings is 2. The van der Waals surface area contributed by atoms with Crippen molar-refractivity contribution in [1.29, 1.82) is 0 Å². The molecule has 0 radical (unpaired) electrons. The largest absolute Gasteiger partial charge is 0.471 e. The molecule has 1 unspecified atom stereocenters. The van der Waals surface area contributed by atoms with Crippen LogP contribution in [0.2, 0.25) is 0 Å². The summed E-state index contributed by atoms with van der Waals surface area (Å²) in [5.74, 6) is 2.42. The number of ether oxygens (including phenoxy) is 2. The fourth-order valence-electron chi connectivity index (χ4n) is 4.17. The Kier molecular flexibility index (Phi) is 4.94. The van der Waals surface area contributed by atoms with Gasteiger partial charge in [0.25, 0.3) is 0 Å². The van der Waals surface area contributed by atoms with Crippen molar-refractivity contribution in [3.63, 3.8) is 0 Å². The zero-order chi connectivity index (χ0) is 21.4. The summed E-state index contributed by atoms with van der Waals surface area (Å²) in [6.45, 7) is 1.17. The molecule has 1 saturated heterocycles. The number of carbonyl (C=O) groups excluding carboxylic acids is 1. The van der Waals surface area contributed by atoms with Crippen molar-refractivity contribution in [1.82, 2.24) is 15.1 Å². The second-order valence-corrected chi connectivity index (χ2v) is 8.05. The Bertz CT molecular complexity index is 1050. The van der Waals surface area contributed by atoms with Crippen LogP contribution in [0.1, 0.15) is 23.5 Å². The first-order valence-electron chi connectivity index (χ1n) is 10.4. The standard InChI is InChI=1S/C24H24N4O3/c1-27(2)21-11-12-22(26-25-21)30-16-13-14-28(15-16)24(29)23-17-7-3-5-9-19(17)31-20-10-6-4-8-18(20)23/h3-12,16,23H,13-15H2,1-2H3. The van der Waals surface area contributed by atoms with Crippen LogP contribution in [-0.4, -0.2) is 54.3 Å². The first-order chi connectivity index (χ1) is 15.1. The molecule has 2 aromatic carbocycles. The number of anilines is 1. The molecule has 7 nitrogen and oxygen atoms in total. The van der Waals surface area contributed by atoms with Crippen LogP contribution < -0.4 is 14.4 Å². The van der Waals surface area contributed by atoms with Crippen LogP contribution in [0.15, 0.2) is 60.7 Å². The third kappa shape index (κ3) is 3.67. The summed E-state index contributed by atoms with van der Waals surface area (Å²) in [6.07, 6.45) is 0.656. The SMILES string of the molecule is CN(C)c1ccc(OC2CCN(C(=O)C3c4ccccc4Oc4ccccc43)C2)nn1. The number of rotatable bonds is 4. The molecule has 1 amide bonds. The van der Waals surface area contributed by atoms with Crippen molar-refractivity contribution in [2.75, 3.05) is 32.1 Å². The van der Waals surface area contributed by atoms with Gasteiger partial charge in [-0.25, -0.2) is 0 Å². The van der Waals surface area contributed by atoms with E-state index in [1.54, 1.807) is 0 Å². The predicted molar refractivity (Wildman–Crippen MR) is 117 cm³/mol. The molecule has 1 atom stereocenters. The van der Waals surface area contributed by atoms with E-state index in [-0.39, 0.29) is 17.9 Å². The second-order valence-electron chi connectivity index (χ2n) is 8.05. The quantitative estimate of drug-likeness (QED) is 0.649. The van der Waals surface area contributed by atoms with Gasteiger partial charge in [-0.3, -0.25) is 4.79 Å². The molecule has 0 N–H and O–H groups in total. The minimum absolute atomic E-state index is 0.0725. The monoisotopic (exact) mass is 416 g/mol. The van der Waals surface area contributed by atoms with Crippen molar-refractivity contribution in [3.05, 3.63) is 71.8 Å². The molecule has 0 bridgehead atoms. The predicted octanol–water partition coefficient (Wildman–Crippen LogP) is 3.46. The summed E-state index contributed by atoms with van der Waals surface area (Å²) in [4.78, 5) is 17.4. The number of likely N-dealkylation sites (tertiary alicyclic amines) is 1. The van der Waals surface area contributed by atoms with E-state index < -0.39 is 0 Å². The lowest BCUT2D eigenvalue weighted by molar-refractivity contribution is -0.131. The molecule has 158 valence electrons. The van der Waals surface area contributed by atoms with Crippen LogP contribution in [0.3, 0.4) is 0 Å². The maximum atomic E-state index is 13.6. The summed E-state index contributed by atoms with van der Waals surface area (Å²) in [5.41, 5.74) is 1.81. The van der Waals surface area contributed by atoms with E-state index in [9.17, 15) is 4.79 Å². The molecule has 7 heteroatoms. The smallest absolute Gasteiger partial charge is 0.234 e. The van der Waals surface area contributed by atoms with E-state index in [2.05, 4.69) is 10.2 Å². The lowest BCUT2D eigenvalue weighted by atomic mass is 9.87. The number of nitrogens with zero attached hydrogens (tertiary/aromatic N) is 4. The summed E-state index contributed by atoms with van der Waals surface area (Å²) in [6, 6.07) is 19.2. The van der Waals surface area contributed by atoms with Crippen LogP contribution in [-0.2, 0) is 4.79 Å². The molecule has 0 aliphatic carbocycles. The fourth-order valence-corrected chi connectivity index (χ4v) is 4.17. The third-order valence-corrected chi connectivity index (χ3v) is 5.76. The van der Waals surface area contributed by atoms with Gasteiger partial charge >= 0.3 is 0 Å². The number of hydrogen-bond acceptors (Lipinski definition) is 6. The first kappa shape index (κ1) is 19.4. The summed E-state index contributed by atoms with van der Waals surface area (Å²) < 4.78 is 12.0. The highest BCUT2D eigenvalue weighted by atomic mass is 16.5. The molecule has 5 rings (SSSR count). The Labute approximate surface area is 181 Å². The van der Waals surface area contributed by atoms with Gasteiger partial charge in [0.05, 0.1) is 12.5 Å². The van der Waals surface area contributed by atoms with Crippen LogP contribution in [0.25, 0.3) is 0 Å². The van der Waals surface area contributed by atoms with E-state index in [0.717, 1.165) is 34.9 Å². The number of para-hydroxylation sites is 2. The van der Waals surface area contributed by atoms with E-state index in [4.69, 9.17) is 9.47 Å². The van der Waals surface area contributed by atoms with Gasteiger partial charge in [0, 0.05) is 44.3 Å². The lowest BCUT2D eigenvalue weighted by Crippen LogP contribution is -2.36. The molecule has 2 aliphatic heterocycles. The maximum absolute atomic E-state index is 13.6. The van der Waals surface area contributed by atoms with Gasteiger partial charge in [0.1, 0.15) is 17.6 Å². The van der Waals surface area contributed by atoms with Crippen molar-refractivity contribution in [2.24, 2.45) is 0 Å². The number of carbonyl (C=O) groups is 1. The Hall–Kier alpha value is -3.61. The molecule has 0 spiro atoms. The average molecular weight is 416 g/mol. The molecule has 0 saturated carbocycles. The summed E-state index contributed by atoms with van der Waals surface area (Å²) in [5, 5.41) is 8.30. The van der Waals surface area contributed by atoms with E-state index in [0.29, 0.717) is 19.0 Å². The van der Waals surface area contributed by atoms with Crippen molar-refractivity contribution in [2.45, 2.75) is 18.4 Å². The van der Waals surface area contributed by atoms with Gasteiger partial charge in [-0.2, -0.15) is 0 Å². The van der Waals surface area contributed by atoms with Gasteiger partial charge < -0.3 is 19.3 Å². The molecule has 3 aromatic rings. The Balaban J connectivity index is 1.33. The van der Waals surface area contributed by atoms with Crippen molar-refractivity contribution < 1.29 is 14.3 Å². The minimum Gasteiger partial charge on any atom is -0.471 e. The summed E-state index contributed by atoms with van der Waals surface area (Å²) >= 11 is 0. The van der Waals surface area contributed by atoms with Gasteiger partial charge in [0.2, 0.25) is 11.8 Å². The van der Waals surface area contributed by atoms with Crippen molar-refractivity contribution >= 4 is 11.7 Å². The zero-order valence-corrected chi connectivity index (χ0v) is 17.6. The molecule has 31 heavy (non-hydrogen) atoms. The Morgan fingerprint density at radius 1 is 1.00 bits per heavy atom. The third-order valence-electron chi connectivity index (χ3n) is 5.76. The molecular weight excluding hydrogens is 392 g/mol.